The smallest absolute Gasteiger partial charge is 0.319 e. The van der Waals surface area contributed by atoms with E-state index in [2.05, 4.69) is 60.5 Å². The molecule has 2 bridgehead atoms. The number of ether oxygens (including phenoxy) is 2. The zero-order valence-electron chi connectivity index (χ0n) is 21.9. The maximum absolute atomic E-state index is 11.9. The molecule has 6 rings (SSSR count). The van der Waals surface area contributed by atoms with E-state index in [1.165, 1.54) is 11.4 Å². The van der Waals surface area contributed by atoms with Crippen molar-refractivity contribution >= 4 is 17.4 Å². The summed E-state index contributed by atoms with van der Waals surface area (Å²) in [6.45, 7) is 5.07. The van der Waals surface area contributed by atoms with Gasteiger partial charge in [0.15, 0.2) is 0 Å². The van der Waals surface area contributed by atoms with E-state index in [4.69, 9.17) is 9.47 Å². The summed E-state index contributed by atoms with van der Waals surface area (Å²) in [5.74, 6) is 0. The van der Waals surface area contributed by atoms with E-state index >= 15 is 0 Å². The number of hydrogen-bond acceptors (Lipinski definition) is 8. The summed E-state index contributed by atoms with van der Waals surface area (Å²) in [7, 11) is 1.82. The van der Waals surface area contributed by atoms with E-state index < -0.39 is 0 Å². The minimum absolute atomic E-state index is 0.186. The van der Waals surface area contributed by atoms with Crippen molar-refractivity contribution in [2.45, 2.75) is 69.8 Å². The van der Waals surface area contributed by atoms with Gasteiger partial charge in [-0.2, -0.15) is 0 Å². The van der Waals surface area contributed by atoms with Crippen LogP contribution in [0.4, 0.5) is 16.2 Å². The number of nitrogens with one attached hydrogen (secondary N) is 3. The van der Waals surface area contributed by atoms with E-state index in [1.54, 1.807) is 0 Å². The number of benzene rings is 1. The molecule has 1 aromatic carbocycles. The molecule has 3 fully saturated rings. The Morgan fingerprint density at radius 2 is 1.78 bits per heavy atom. The Bertz CT molecular complexity index is 1020. The molecule has 2 amide bonds. The molecule has 200 valence electrons. The van der Waals surface area contributed by atoms with Crippen molar-refractivity contribution < 1.29 is 14.3 Å². The first kappa shape index (κ1) is 24.4. The van der Waals surface area contributed by atoms with Gasteiger partial charge in [0.25, 0.3) is 0 Å². The van der Waals surface area contributed by atoms with Crippen LogP contribution in [0.5, 0.6) is 0 Å². The minimum Gasteiger partial charge on any atom is -0.381 e. The average molecular weight is 510 g/mol. The van der Waals surface area contributed by atoms with Crippen LogP contribution in [0.2, 0.25) is 0 Å². The lowest BCUT2D eigenvalue weighted by molar-refractivity contribution is -0.115. The quantitative estimate of drug-likeness (QED) is 0.540. The van der Waals surface area contributed by atoms with Gasteiger partial charge in [0.05, 0.1) is 30.1 Å². The zero-order chi connectivity index (χ0) is 25.4. The first-order chi connectivity index (χ1) is 18.1. The predicted molar refractivity (Wildman–Crippen MR) is 142 cm³/mol. The second-order valence-corrected chi connectivity index (χ2v) is 10.6. The number of rotatable bonds is 6. The van der Waals surface area contributed by atoms with Gasteiger partial charge in [0.2, 0.25) is 0 Å². The number of nitrogens with zero attached hydrogens (tertiary/aromatic N) is 4. The van der Waals surface area contributed by atoms with Crippen LogP contribution in [0.3, 0.4) is 0 Å². The molecule has 2 unspecified atom stereocenters. The molecule has 1 saturated carbocycles. The van der Waals surface area contributed by atoms with Gasteiger partial charge in [-0.3, -0.25) is 10.0 Å². The van der Waals surface area contributed by atoms with E-state index in [0.717, 1.165) is 69.7 Å². The fourth-order valence-corrected chi connectivity index (χ4v) is 6.24. The number of amides is 2. The van der Waals surface area contributed by atoms with Crippen LogP contribution in [-0.2, 0) is 9.47 Å². The molecule has 2 saturated heterocycles. The predicted octanol–water partition coefficient (Wildman–Crippen LogP) is 3.15. The zero-order valence-corrected chi connectivity index (χ0v) is 21.9. The summed E-state index contributed by atoms with van der Waals surface area (Å²) in [6, 6.07) is 8.32. The van der Waals surface area contributed by atoms with Gasteiger partial charge in [0, 0.05) is 50.5 Å². The second-order valence-electron chi connectivity index (χ2n) is 10.6. The summed E-state index contributed by atoms with van der Waals surface area (Å²) < 4.78 is 11.8. The summed E-state index contributed by atoms with van der Waals surface area (Å²) in [5.41, 5.74) is 7.90. The highest BCUT2D eigenvalue weighted by atomic mass is 16.5. The van der Waals surface area contributed by atoms with Crippen molar-refractivity contribution in [3.63, 3.8) is 0 Å². The number of hydrazine groups is 2. The minimum atomic E-state index is -0.186. The average Bonchev–Trinajstić information content (AvgIpc) is 3.50. The van der Waals surface area contributed by atoms with Crippen LogP contribution in [0.1, 0.15) is 45.4 Å². The largest absolute Gasteiger partial charge is 0.381 e. The van der Waals surface area contributed by atoms with Crippen LogP contribution in [0.25, 0.3) is 0 Å². The van der Waals surface area contributed by atoms with Crippen molar-refractivity contribution in [2.75, 3.05) is 43.6 Å². The normalized spacial score (nSPS) is 29.4. The number of carbonyl (C=O) groups is 1. The summed E-state index contributed by atoms with van der Waals surface area (Å²) in [4.78, 5) is 14.2. The molecule has 0 aromatic heterocycles. The van der Waals surface area contributed by atoms with Gasteiger partial charge < -0.3 is 30.4 Å². The maximum atomic E-state index is 11.9. The number of methoxy groups -OCH3 is 1. The van der Waals surface area contributed by atoms with Gasteiger partial charge in [-0.15, -0.1) is 0 Å². The second kappa shape index (κ2) is 10.4. The van der Waals surface area contributed by atoms with Crippen LogP contribution in [0, 0.1) is 0 Å². The molecule has 4 aliphatic heterocycles. The highest BCUT2D eigenvalue weighted by Crippen LogP contribution is 2.38. The number of urea groups is 1. The third-order valence-electron chi connectivity index (χ3n) is 8.21. The van der Waals surface area contributed by atoms with E-state index in [9.17, 15) is 4.79 Å². The first-order valence-corrected chi connectivity index (χ1v) is 13.7. The molecule has 0 spiro atoms. The van der Waals surface area contributed by atoms with Crippen LogP contribution >= 0.6 is 0 Å². The first-order valence-electron chi connectivity index (χ1n) is 13.7. The van der Waals surface area contributed by atoms with Crippen LogP contribution in [0.15, 0.2) is 48.1 Å². The molecular formula is C27H39N7O3. The van der Waals surface area contributed by atoms with Gasteiger partial charge in [-0.05, 0) is 69.7 Å². The van der Waals surface area contributed by atoms with Gasteiger partial charge in [-0.1, -0.05) is 0 Å². The molecular weight excluding hydrogens is 470 g/mol. The number of fused-ring (bicyclic) bond motifs is 3. The number of anilines is 2. The van der Waals surface area contributed by atoms with Crippen molar-refractivity contribution in [2.24, 2.45) is 0 Å². The standard InChI is InChI=1S/C27H39N7O3/c1-3-28-27(35)30-19-4-6-20(7-5-19)31-17-26-25(14-29-34(26)21-8-10-22(36-2)11-9-21)33(18-31)32-15-23-12-13-24(16-32)37-23/h4-7,14,17,21-24,29H,3,8-13,15-16,18H2,1-2H3,(H2,28,30,35). The molecule has 0 radical (unpaired) electrons. The van der Waals surface area contributed by atoms with E-state index in [-0.39, 0.29) is 6.03 Å². The fourth-order valence-electron chi connectivity index (χ4n) is 6.24. The highest BCUT2D eigenvalue weighted by molar-refractivity contribution is 5.89. The third kappa shape index (κ3) is 4.97. The molecule has 1 aliphatic carbocycles. The SMILES string of the molecule is CCNC(=O)Nc1ccc(N2C=C3C(=CNN3C3CCC(OC)CC3)N(N3CC4CCC(C3)O4)C2)cc1. The molecule has 2 atom stereocenters. The molecule has 37 heavy (non-hydrogen) atoms. The molecule has 1 aromatic rings. The number of carbonyl (C=O) groups excluding carboxylic acids is 1. The van der Waals surface area contributed by atoms with Crippen molar-refractivity contribution in [1.82, 2.24) is 25.8 Å². The third-order valence-corrected chi connectivity index (χ3v) is 8.21. The van der Waals surface area contributed by atoms with Crippen LogP contribution < -0.4 is 21.0 Å². The van der Waals surface area contributed by atoms with Crippen molar-refractivity contribution in [3.05, 3.63) is 48.1 Å². The summed E-state index contributed by atoms with van der Waals surface area (Å²) in [5, 5.41) is 12.9. The van der Waals surface area contributed by atoms with Crippen LogP contribution in [-0.4, -0.2) is 78.8 Å². The Balaban J connectivity index is 1.25. The Morgan fingerprint density at radius 3 is 2.46 bits per heavy atom. The highest BCUT2D eigenvalue weighted by Gasteiger charge is 2.42. The molecule has 10 heteroatoms. The van der Waals surface area contributed by atoms with Crippen molar-refractivity contribution in [1.29, 1.82) is 0 Å². The lowest BCUT2D eigenvalue weighted by atomic mass is 9.92. The fraction of sp³-hybridized carbons (Fsp3) is 0.593. The van der Waals surface area contributed by atoms with E-state index in [1.807, 2.05) is 26.2 Å². The molecule has 3 N–H and O–H groups in total. The monoisotopic (exact) mass is 509 g/mol. The summed E-state index contributed by atoms with van der Waals surface area (Å²) >= 11 is 0. The number of hydrogen-bond donors (Lipinski definition) is 3. The van der Waals surface area contributed by atoms with Crippen molar-refractivity contribution in [3.8, 4) is 0 Å². The summed E-state index contributed by atoms with van der Waals surface area (Å²) in [6.07, 6.45) is 12.1. The number of morpholine rings is 1. The van der Waals surface area contributed by atoms with E-state index in [0.29, 0.717) is 30.9 Å². The van der Waals surface area contributed by atoms with Gasteiger partial charge in [0.1, 0.15) is 12.4 Å². The van der Waals surface area contributed by atoms with Gasteiger partial charge in [-0.25, -0.2) is 9.80 Å². The lowest BCUT2D eigenvalue weighted by Gasteiger charge is -2.47. The molecule has 5 aliphatic rings. The molecule has 10 nitrogen and oxygen atoms in total. The lowest BCUT2D eigenvalue weighted by Crippen LogP contribution is -2.56. The Kier molecular flexibility index (Phi) is 6.88. The van der Waals surface area contributed by atoms with Gasteiger partial charge >= 0.3 is 6.03 Å². The Labute approximate surface area is 219 Å². The topological polar surface area (TPSA) is 84.6 Å². The Morgan fingerprint density at radius 1 is 1.05 bits per heavy atom. The Hall–Kier alpha value is -2.95. The molecule has 4 heterocycles. The maximum Gasteiger partial charge on any atom is 0.319 e.